The van der Waals surface area contributed by atoms with Gasteiger partial charge in [-0.3, -0.25) is 9.59 Å². The lowest BCUT2D eigenvalue weighted by Gasteiger charge is -2.27. The zero-order valence-electron chi connectivity index (χ0n) is 18.1. The van der Waals surface area contributed by atoms with Gasteiger partial charge in [0.25, 0.3) is 11.8 Å². The van der Waals surface area contributed by atoms with Crippen LogP contribution in [-0.4, -0.2) is 49.6 Å². The van der Waals surface area contributed by atoms with E-state index < -0.39 is 0 Å². The number of carbonyl (C=O) groups is 2. The molecule has 0 aliphatic carbocycles. The highest BCUT2D eigenvalue weighted by atomic mass is 79.9. The Morgan fingerprint density at radius 1 is 0.939 bits per heavy atom. The predicted octanol–water partition coefficient (Wildman–Crippen LogP) is 4.80. The van der Waals surface area contributed by atoms with Gasteiger partial charge in [0.1, 0.15) is 5.75 Å². The topological polar surface area (TPSA) is 67.9 Å². The summed E-state index contributed by atoms with van der Waals surface area (Å²) >= 11 is 3.44. The van der Waals surface area contributed by atoms with Crippen LogP contribution in [0.25, 0.3) is 0 Å². The third-order valence-electron chi connectivity index (χ3n) is 5.38. The molecule has 4 rings (SSSR count). The predicted molar refractivity (Wildman–Crippen MR) is 131 cm³/mol. The van der Waals surface area contributed by atoms with Crippen LogP contribution in [0.5, 0.6) is 5.75 Å². The molecule has 3 aromatic carbocycles. The minimum Gasteiger partial charge on any atom is -0.492 e. The van der Waals surface area contributed by atoms with E-state index in [1.54, 1.807) is 41.3 Å². The molecule has 1 aliphatic rings. The molecule has 0 aromatic heterocycles. The Kier molecular flexibility index (Phi) is 7.75. The molecule has 33 heavy (non-hydrogen) atoms. The molecule has 1 fully saturated rings. The van der Waals surface area contributed by atoms with Crippen LogP contribution < -0.4 is 10.1 Å². The summed E-state index contributed by atoms with van der Waals surface area (Å²) < 4.78 is 12.1. The number of para-hydroxylation sites is 1. The number of rotatable bonds is 7. The Balaban J connectivity index is 1.49. The molecule has 1 aliphatic heterocycles. The normalized spacial score (nSPS) is 13.4. The van der Waals surface area contributed by atoms with Crippen molar-refractivity contribution in [3.8, 4) is 5.75 Å². The molecule has 0 bridgehead atoms. The van der Waals surface area contributed by atoms with Crippen molar-refractivity contribution in [2.75, 3.05) is 38.2 Å². The van der Waals surface area contributed by atoms with Gasteiger partial charge in [-0.2, -0.15) is 0 Å². The van der Waals surface area contributed by atoms with Crippen LogP contribution in [0.3, 0.4) is 0 Å². The number of carbonyl (C=O) groups excluding carboxylic acids is 2. The van der Waals surface area contributed by atoms with Crippen LogP contribution in [0.15, 0.2) is 77.3 Å². The minimum atomic E-state index is -0.340. The summed E-state index contributed by atoms with van der Waals surface area (Å²) in [5.74, 6) is 0.0274. The number of halogens is 1. The second-order valence-corrected chi connectivity index (χ2v) is 8.54. The second-order valence-electron chi connectivity index (χ2n) is 7.63. The molecule has 2 amide bonds. The van der Waals surface area contributed by atoms with Crippen LogP contribution in [0.1, 0.15) is 26.3 Å². The number of benzene rings is 3. The van der Waals surface area contributed by atoms with E-state index in [1.165, 1.54) is 0 Å². The quantitative estimate of drug-likeness (QED) is 0.497. The highest BCUT2D eigenvalue weighted by Crippen LogP contribution is 2.26. The summed E-state index contributed by atoms with van der Waals surface area (Å²) in [5.41, 5.74) is 2.48. The molecule has 1 saturated heterocycles. The van der Waals surface area contributed by atoms with E-state index in [0.29, 0.717) is 55.5 Å². The third kappa shape index (κ3) is 6.00. The van der Waals surface area contributed by atoms with Gasteiger partial charge in [-0.1, -0.05) is 58.4 Å². The Morgan fingerprint density at radius 3 is 2.45 bits per heavy atom. The van der Waals surface area contributed by atoms with Gasteiger partial charge in [0.15, 0.2) is 0 Å². The summed E-state index contributed by atoms with van der Waals surface area (Å²) in [6.45, 7) is 2.54. The lowest BCUT2D eigenvalue weighted by Crippen LogP contribution is -2.41. The second kappa shape index (κ2) is 11.1. The van der Waals surface area contributed by atoms with Crippen LogP contribution >= 0.6 is 15.9 Å². The highest BCUT2D eigenvalue weighted by molar-refractivity contribution is 9.10. The molecule has 0 unspecified atom stereocenters. The Hall–Kier alpha value is -3.16. The average molecular weight is 509 g/mol. The van der Waals surface area contributed by atoms with E-state index in [-0.39, 0.29) is 11.8 Å². The summed E-state index contributed by atoms with van der Waals surface area (Å²) in [7, 11) is 0. The molecule has 3 aromatic rings. The summed E-state index contributed by atoms with van der Waals surface area (Å²) in [5, 5.41) is 2.90. The molecule has 0 saturated carbocycles. The first kappa shape index (κ1) is 23.0. The number of ether oxygens (including phenoxy) is 2. The summed E-state index contributed by atoms with van der Waals surface area (Å²) in [6.07, 6.45) is 0.731. The maximum absolute atomic E-state index is 13.2. The van der Waals surface area contributed by atoms with Gasteiger partial charge in [0, 0.05) is 24.0 Å². The fraction of sp³-hybridized carbons (Fsp3) is 0.231. The van der Waals surface area contributed by atoms with Crippen molar-refractivity contribution in [1.82, 2.24) is 4.90 Å². The number of hydrogen-bond donors (Lipinski definition) is 1. The van der Waals surface area contributed by atoms with Gasteiger partial charge in [-0.25, -0.2) is 0 Å². The van der Waals surface area contributed by atoms with Crippen LogP contribution in [0, 0.1) is 0 Å². The van der Waals surface area contributed by atoms with E-state index in [1.807, 2.05) is 36.4 Å². The first-order valence-electron chi connectivity index (χ1n) is 10.9. The van der Waals surface area contributed by atoms with E-state index in [4.69, 9.17) is 9.47 Å². The first-order valence-corrected chi connectivity index (χ1v) is 11.6. The number of anilines is 1. The summed E-state index contributed by atoms with van der Waals surface area (Å²) in [4.78, 5) is 28.0. The zero-order chi connectivity index (χ0) is 23.0. The van der Waals surface area contributed by atoms with E-state index >= 15 is 0 Å². The molecule has 1 N–H and O–H groups in total. The van der Waals surface area contributed by atoms with Crippen molar-refractivity contribution in [2.24, 2.45) is 0 Å². The van der Waals surface area contributed by atoms with E-state index in [0.717, 1.165) is 16.5 Å². The molecule has 7 heteroatoms. The minimum absolute atomic E-state index is 0.122. The molecule has 170 valence electrons. The van der Waals surface area contributed by atoms with Crippen molar-refractivity contribution in [2.45, 2.75) is 6.42 Å². The highest BCUT2D eigenvalue weighted by Gasteiger charge is 2.22. The van der Waals surface area contributed by atoms with Gasteiger partial charge < -0.3 is 19.7 Å². The van der Waals surface area contributed by atoms with Gasteiger partial charge in [-0.05, 0) is 35.9 Å². The Morgan fingerprint density at radius 2 is 1.67 bits per heavy atom. The van der Waals surface area contributed by atoms with E-state index in [2.05, 4.69) is 21.2 Å². The number of morpholine rings is 1. The van der Waals surface area contributed by atoms with Crippen molar-refractivity contribution in [3.63, 3.8) is 0 Å². The lowest BCUT2D eigenvalue weighted by atomic mass is 10.1. The Labute approximate surface area is 201 Å². The van der Waals surface area contributed by atoms with Gasteiger partial charge in [0.05, 0.1) is 36.6 Å². The SMILES string of the molecule is O=C(Nc1ccccc1C(=O)N1CCOCC1)c1cc(Br)ccc1OCCc1ccccc1. The lowest BCUT2D eigenvalue weighted by molar-refractivity contribution is 0.0303. The van der Waals surface area contributed by atoms with Crippen molar-refractivity contribution in [1.29, 1.82) is 0 Å². The third-order valence-corrected chi connectivity index (χ3v) is 5.87. The van der Waals surface area contributed by atoms with Crippen molar-refractivity contribution < 1.29 is 19.1 Å². The average Bonchev–Trinajstić information content (AvgIpc) is 2.86. The fourth-order valence-corrected chi connectivity index (χ4v) is 4.00. The largest absolute Gasteiger partial charge is 0.492 e. The molecule has 0 spiro atoms. The van der Waals surface area contributed by atoms with Crippen molar-refractivity contribution >= 4 is 33.4 Å². The molecular formula is C26H25BrN2O4. The van der Waals surface area contributed by atoms with E-state index in [9.17, 15) is 9.59 Å². The number of hydrogen-bond acceptors (Lipinski definition) is 4. The smallest absolute Gasteiger partial charge is 0.259 e. The van der Waals surface area contributed by atoms with Gasteiger partial charge >= 0.3 is 0 Å². The van der Waals surface area contributed by atoms with Gasteiger partial charge in [-0.15, -0.1) is 0 Å². The number of amides is 2. The molecule has 1 heterocycles. The zero-order valence-corrected chi connectivity index (χ0v) is 19.7. The fourth-order valence-electron chi connectivity index (χ4n) is 3.63. The molecule has 6 nitrogen and oxygen atoms in total. The maximum atomic E-state index is 13.2. The van der Waals surface area contributed by atoms with Gasteiger partial charge in [0.2, 0.25) is 0 Å². The summed E-state index contributed by atoms with van der Waals surface area (Å²) in [6, 6.07) is 22.4. The number of nitrogens with zero attached hydrogens (tertiary/aromatic N) is 1. The first-order chi connectivity index (χ1) is 16.1. The number of nitrogens with one attached hydrogen (secondary N) is 1. The Bertz CT molecular complexity index is 1110. The van der Waals surface area contributed by atoms with Crippen LogP contribution in [0.4, 0.5) is 5.69 Å². The molecule has 0 atom stereocenters. The van der Waals surface area contributed by atoms with Crippen molar-refractivity contribution in [3.05, 3.63) is 94.0 Å². The monoisotopic (exact) mass is 508 g/mol. The maximum Gasteiger partial charge on any atom is 0.259 e. The molecular weight excluding hydrogens is 484 g/mol. The standard InChI is InChI=1S/C26H25BrN2O4/c27-20-10-11-24(33-15-12-19-6-2-1-3-7-19)22(18-20)25(30)28-23-9-5-4-8-21(23)26(31)29-13-16-32-17-14-29/h1-11,18H,12-17H2,(H,28,30). The van der Waals surface area contributed by atoms with Crippen LogP contribution in [0.2, 0.25) is 0 Å². The van der Waals surface area contributed by atoms with Crippen LogP contribution in [-0.2, 0) is 11.2 Å². The molecule has 0 radical (unpaired) electrons.